The molecular formula is C19H28FN3O. The van der Waals surface area contributed by atoms with Crippen LogP contribution < -0.4 is 16.0 Å². The van der Waals surface area contributed by atoms with Crippen LogP contribution in [0, 0.1) is 5.82 Å². The number of urea groups is 1. The maximum Gasteiger partial charge on any atom is 0.315 e. The molecule has 132 valence electrons. The first kappa shape index (κ1) is 17.2. The lowest BCUT2D eigenvalue weighted by Crippen LogP contribution is -2.62. The lowest BCUT2D eigenvalue weighted by atomic mass is 9.80. The number of piperidine rings is 1. The first-order valence-electron chi connectivity index (χ1n) is 8.75. The van der Waals surface area contributed by atoms with E-state index in [-0.39, 0.29) is 40.9 Å². The largest absolute Gasteiger partial charge is 0.335 e. The lowest BCUT2D eigenvalue weighted by Gasteiger charge is -2.46. The van der Waals surface area contributed by atoms with Gasteiger partial charge in [-0.05, 0) is 64.7 Å². The van der Waals surface area contributed by atoms with E-state index in [0.717, 1.165) is 24.8 Å². The van der Waals surface area contributed by atoms with Gasteiger partial charge in [0.25, 0.3) is 0 Å². The zero-order valence-electron chi connectivity index (χ0n) is 14.9. The SMILES string of the molecule is CC1(C)CC(NC(=O)NC2CC2c2cccc(F)c2)CC(C)(C)N1. The Bertz CT molecular complexity index is 613. The molecule has 1 aromatic rings. The van der Waals surface area contributed by atoms with Crippen LogP contribution in [0.15, 0.2) is 24.3 Å². The molecule has 24 heavy (non-hydrogen) atoms. The number of hydrogen-bond acceptors (Lipinski definition) is 2. The molecule has 1 heterocycles. The van der Waals surface area contributed by atoms with Crippen molar-refractivity contribution < 1.29 is 9.18 Å². The third kappa shape index (κ3) is 4.26. The smallest absolute Gasteiger partial charge is 0.315 e. The Morgan fingerprint density at radius 1 is 1.17 bits per heavy atom. The average molecular weight is 333 g/mol. The minimum absolute atomic E-state index is 0.00335. The lowest BCUT2D eigenvalue weighted by molar-refractivity contribution is 0.147. The molecule has 0 radical (unpaired) electrons. The van der Waals surface area contributed by atoms with Crippen molar-refractivity contribution in [3.63, 3.8) is 0 Å². The Kier molecular flexibility index (Phi) is 4.32. The molecule has 2 aliphatic rings. The normalized spacial score (nSPS) is 28.2. The maximum absolute atomic E-state index is 13.3. The van der Waals surface area contributed by atoms with Crippen LogP contribution in [0.1, 0.15) is 58.4 Å². The summed E-state index contributed by atoms with van der Waals surface area (Å²) < 4.78 is 13.3. The second-order valence-corrected chi connectivity index (χ2v) is 8.62. The molecular weight excluding hydrogens is 305 g/mol. The zero-order chi connectivity index (χ0) is 17.5. The van der Waals surface area contributed by atoms with Gasteiger partial charge in [0, 0.05) is 29.1 Å². The van der Waals surface area contributed by atoms with Gasteiger partial charge in [-0.3, -0.25) is 0 Å². The molecule has 2 unspecified atom stereocenters. The van der Waals surface area contributed by atoms with Crippen LogP contribution in [-0.2, 0) is 0 Å². The van der Waals surface area contributed by atoms with Crippen LogP contribution >= 0.6 is 0 Å². The highest BCUT2D eigenvalue weighted by molar-refractivity contribution is 5.75. The predicted octanol–water partition coefficient (Wildman–Crippen LogP) is 3.29. The number of nitrogens with one attached hydrogen (secondary N) is 3. The van der Waals surface area contributed by atoms with Crippen molar-refractivity contribution in [2.24, 2.45) is 0 Å². The molecule has 2 amide bonds. The van der Waals surface area contributed by atoms with E-state index >= 15 is 0 Å². The van der Waals surface area contributed by atoms with Gasteiger partial charge >= 0.3 is 6.03 Å². The summed E-state index contributed by atoms with van der Waals surface area (Å²) in [6.45, 7) is 8.67. The molecule has 4 nitrogen and oxygen atoms in total. The summed E-state index contributed by atoms with van der Waals surface area (Å²) in [5.41, 5.74) is 0.969. The molecule has 1 aromatic carbocycles. The number of amides is 2. The number of halogens is 1. The third-order valence-corrected chi connectivity index (χ3v) is 4.91. The minimum Gasteiger partial charge on any atom is -0.335 e. The van der Waals surface area contributed by atoms with Crippen molar-refractivity contribution in [1.29, 1.82) is 0 Å². The number of hydrogen-bond donors (Lipinski definition) is 3. The van der Waals surface area contributed by atoms with E-state index in [1.807, 2.05) is 6.07 Å². The van der Waals surface area contributed by atoms with E-state index in [2.05, 4.69) is 43.6 Å². The van der Waals surface area contributed by atoms with Crippen LogP contribution in [0.2, 0.25) is 0 Å². The first-order chi connectivity index (χ1) is 11.1. The Morgan fingerprint density at radius 3 is 2.46 bits per heavy atom. The van der Waals surface area contributed by atoms with Crippen molar-refractivity contribution in [2.45, 2.75) is 76.0 Å². The van der Waals surface area contributed by atoms with Crippen LogP contribution in [0.5, 0.6) is 0 Å². The van der Waals surface area contributed by atoms with Gasteiger partial charge in [-0.1, -0.05) is 12.1 Å². The molecule has 5 heteroatoms. The summed E-state index contributed by atoms with van der Waals surface area (Å²) >= 11 is 0. The minimum atomic E-state index is -0.221. The van der Waals surface area contributed by atoms with Crippen LogP contribution in [0.4, 0.5) is 9.18 Å². The van der Waals surface area contributed by atoms with E-state index in [9.17, 15) is 9.18 Å². The predicted molar refractivity (Wildman–Crippen MR) is 93.5 cm³/mol. The Balaban J connectivity index is 1.52. The Labute approximate surface area is 143 Å². The molecule has 1 aliphatic heterocycles. The van der Waals surface area contributed by atoms with E-state index in [1.54, 1.807) is 12.1 Å². The van der Waals surface area contributed by atoms with Gasteiger partial charge in [0.15, 0.2) is 0 Å². The molecule has 0 bridgehead atoms. The summed E-state index contributed by atoms with van der Waals surface area (Å²) in [6.07, 6.45) is 2.68. The number of rotatable bonds is 3. The van der Waals surface area contributed by atoms with Crippen LogP contribution in [0.3, 0.4) is 0 Å². The van der Waals surface area contributed by atoms with E-state index in [0.29, 0.717) is 0 Å². The average Bonchev–Trinajstić information content (AvgIpc) is 3.13. The van der Waals surface area contributed by atoms with Gasteiger partial charge in [-0.2, -0.15) is 0 Å². The summed E-state index contributed by atoms with van der Waals surface area (Å²) in [4.78, 5) is 12.3. The zero-order valence-corrected chi connectivity index (χ0v) is 14.9. The highest BCUT2D eigenvalue weighted by Crippen LogP contribution is 2.40. The summed E-state index contributed by atoms with van der Waals surface area (Å²) in [5.74, 6) is 0.00845. The van der Waals surface area contributed by atoms with Gasteiger partial charge in [0.2, 0.25) is 0 Å². The Hall–Kier alpha value is -1.62. The summed E-state index contributed by atoms with van der Waals surface area (Å²) in [5, 5.41) is 9.77. The molecule has 2 atom stereocenters. The molecule has 3 N–H and O–H groups in total. The molecule has 2 fully saturated rings. The number of benzene rings is 1. The van der Waals surface area contributed by atoms with Crippen molar-refractivity contribution in [2.75, 3.05) is 0 Å². The van der Waals surface area contributed by atoms with Crippen molar-refractivity contribution in [3.05, 3.63) is 35.6 Å². The van der Waals surface area contributed by atoms with Crippen LogP contribution in [0.25, 0.3) is 0 Å². The fraction of sp³-hybridized carbons (Fsp3) is 0.632. The number of carbonyl (C=O) groups excluding carboxylic acids is 1. The monoisotopic (exact) mass is 333 g/mol. The molecule has 0 aromatic heterocycles. The molecule has 1 saturated heterocycles. The van der Waals surface area contributed by atoms with Crippen LogP contribution in [-0.4, -0.2) is 29.2 Å². The highest BCUT2D eigenvalue weighted by atomic mass is 19.1. The van der Waals surface area contributed by atoms with Crippen molar-refractivity contribution in [3.8, 4) is 0 Å². The molecule has 1 saturated carbocycles. The second-order valence-electron chi connectivity index (χ2n) is 8.62. The molecule has 1 aliphatic carbocycles. The standard InChI is InChI=1S/C19H28FN3O/c1-18(2)10-14(11-19(3,4)23-18)21-17(24)22-16-9-15(16)12-6-5-7-13(20)8-12/h5-8,14-16,23H,9-11H2,1-4H3,(H2,21,22,24). The van der Waals surface area contributed by atoms with E-state index in [4.69, 9.17) is 0 Å². The van der Waals surface area contributed by atoms with Gasteiger partial charge in [0.1, 0.15) is 5.82 Å². The van der Waals surface area contributed by atoms with Gasteiger partial charge in [-0.15, -0.1) is 0 Å². The molecule has 3 rings (SSSR count). The Morgan fingerprint density at radius 2 is 1.83 bits per heavy atom. The maximum atomic E-state index is 13.3. The summed E-state index contributed by atoms with van der Waals surface area (Å²) in [6, 6.07) is 6.79. The second kappa shape index (κ2) is 6.03. The van der Waals surface area contributed by atoms with E-state index < -0.39 is 0 Å². The fourth-order valence-corrected chi connectivity index (χ4v) is 4.28. The van der Waals surface area contributed by atoms with E-state index in [1.165, 1.54) is 6.07 Å². The van der Waals surface area contributed by atoms with Crippen molar-refractivity contribution in [1.82, 2.24) is 16.0 Å². The third-order valence-electron chi connectivity index (χ3n) is 4.91. The topological polar surface area (TPSA) is 53.2 Å². The highest BCUT2D eigenvalue weighted by Gasteiger charge is 2.41. The van der Waals surface area contributed by atoms with Gasteiger partial charge < -0.3 is 16.0 Å². The number of carbonyl (C=O) groups is 1. The van der Waals surface area contributed by atoms with Gasteiger partial charge in [-0.25, -0.2) is 9.18 Å². The molecule has 0 spiro atoms. The summed E-state index contributed by atoms with van der Waals surface area (Å²) in [7, 11) is 0. The first-order valence-corrected chi connectivity index (χ1v) is 8.75. The van der Waals surface area contributed by atoms with Crippen molar-refractivity contribution >= 4 is 6.03 Å². The van der Waals surface area contributed by atoms with Gasteiger partial charge in [0.05, 0.1) is 0 Å². The quantitative estimate of drug-likeness (QED) is 0.795. The fourth-order valence-electron chi connectivity index (χ4n) is 4.28.